The highest BCUT2D eigenvalue weighted by atomic mass is 32.1. The fraction of sp³-hybridized carbons (Fsp3) is 0.176. The van der Waals surface area contributed by atoms with Crippen LogP contribution in [0.15, 0.2) is 34.4 Å². The molecule has 0 fully saturated rings. The summed E-state index contributed by atoms with van der Waals surface area (Å²) in [4.78, 5) is 29.6. The van der Waals surface area contributed by atoms with Crippen LogP contribution in [-0.4, -0.2) is 38.7 Å². The normalized spacial score (nSPS) is 11.3. The molecule has 2 heterocycles. The highest BCUT2D eigenvalue weighted by Crippen LogP contribution is 2.27. The minimum Gasteiger partial charge on any atom is -0.508 e. The second kappa shape index (κ2) is 6.96. The van der Waals surface area contributed by atoms with E-state index in [-0.39, 0.29) is 18.1 Å². The number of carbonyl (C=O) groups excluding carboxylic acids is 1. The topological polar surface area (TPSA) is 114 Å². The number of carbonyl (C=O) groups is 1. The number of thiophene rings is 1. The fourth-order valence-corrected chi connectivity index (χ4v) is 3.39. The predicted molar refractivity (Wildman–Crippen MR) is 97.3 cm³/mol. The van der Waals surface area contributed by atoms with Crippen molar-refractivity contribution in [3.63, 3.8) is 0 Å². The van der Waals surface area contributed by atoms with Gasteiger partial charge in [0, 0.05) is 11.6 Å². The van der Waals surface area contributed by atoms with Crippen LogP contribution in [0.4, 0.5) is 0 Å². The van der Waals surface area contributed by atoms with Crippen LogP contribution in [0.1, 0.15) is 27.7 Å². The highest BCUT2D eigenvalue weighted by molar-refractivity contribution is 7.20. The van der Waals surface area contributed by atoms with E-state index in [1.54, 1.807) is 13.8 Å². The van der Waals surface area contributed by atoms with Gasteiger partial charge in [-0.05, 0) is 31.5 Å². The van der Waals surface area contributed by atoms with Crippen molar-refractivity contribution in [2.45, 2.75) is 13.8 Å². The maximum atomic E-state index is 12.7. The quantitative estimate of drug-likeness (QED) is 0.535. The minimum absolute atomic E-state index is 0.0831. The van der Waals surface area contributed by atoms with Gasteiger partial charge >= 0.3 is 5.97 Å². The highest BCUT2D eigenvalue weighted by Gasteiger charge is 2.20. The Morgan fingerprint density at radius 1 is 1.42 bits per heavy atom. The van der Waals surface area contributed by atoms with Gasteiger partial charge in [-0.2, -0.15) is 9.78 Å². The molecular weight excluding hydrogens is 358 g/mol. The molecule has 0 aliphatic carbocycles. The Bertz CT molecular complexity index is 1080. The largest absolute Gasteiger partial charge is 0.508 e. The van der Waals surface area contributed by atoms with E-state index in [1.807, 2.05) is 0 Å². The Hall–Kier alpha value is -3.20. The Kier molecular flexibility index (Phi) is 4.72. The van der Waals surface area contributed by atoms with E-state index in [4.69, 9.17) is 4.74 Å². The van der Waals surface area contributed by atoms with Gasteiger partial charge in [0.2, 0.25) is 0 Å². The van der Waals surface area contributed by atoms with Gasteiger partial charge in [0.05, 0.1) is 18.2 Å². The first-order chi connectivity index (χ1) is 12.4. The molecule has 3 aromatic rings. The van der Waals surface area contributed by atoms with Gasteiger partial charge < -0.3 is 14.9 Å². The Labute approximate surface area is 151 Å². The van der Waals surface area contributed by atoms with Gasteiger partial charge in [-0.25, -0.2) is 9.78 Å². The van der Waals surface area contributed by atoms with E-state index in [0.29, 0.717) is 26.2 Å². The summed E-state index contributed by atoms with van der Waals surface area (Å²) in [5.74, 6) is -0.746. The molecule has 0 amide bonds. The standard InChI is InChI=1S/C17H15N3O5S/c1-3-25-17(24)14-9(2)13-15(26-14)18-8-20(16(13)23)19-7-10-4-5-11(21)6-12(10)22/h4-8,21-22H,3H2,1-2H3/b19-7+. The Balaban J connectivity index is 2.04. The number of aromatic hydroxyl groups is 2. The van der Waals surface area contributed by atoms with Gasteiger partial charge in [-0.15, -0.1) is 11.3 Å². The number of aryl methyl sites for hydroxylation is 1. The van der Waals surface area contributed by atoms with Crippen LogP contribution in [0.25, 0.3) is 10.2 Å². The summed E-state index contributed by atoms with van der Waals surface area (Å²) >= 11 is 1.09. The number of benzene rings is 1. The molecule has 3 rings (SSSR count). The average Bonchev–Trinajstić information content (AvgIpc) is 2.93. The average molecular weight is 373 g/mol. The number of hydrogen-bond acceptors (Lipinski definition) is 8. The second-order valence-electron chi connectivity index (χ2n) is 5.34. The summed E-state index contributed by atoms with van der Waals surface area (Å²) in [7, 11) is 0. The van der Waals surface area contributed by atoms with Gasteiger partial charge in [0.1, 0.15) is 27.5 Å². The van der Waals surface area contributed by atoms with Crippen molar-refractivity contribution >= 4 is 33.7 Å². The first-order valence-corrected chi connectivity index (χ1v) is 8.48. The maximum Gasteiger partial charge on any atom is 0.348 e. The third-order valence-electron chi connectivity index (χ3n) is 3.63. The van der Waals surface area contributed by atoms with E-state index >= 15 is 0 Å². The number of hydrogen-bond donors (Lipinski definition) is 2. The summed E-state index contributed by atoms with van der Waals surface area (Å²) in [6.07, 6.45) is 2.52. The smallest absolute Gasteiger partial charge is 0.348 e. The third kappa shape index (κ3) is 3.16. The van der Waals surface area contributed by atoms with Crippen LogP contribution in [0.5, 0.6) is 11.5 Å². The second-order valence-corrected chi connectivity index (χ2v) is 6.34. The van der Waals surface area contributed by atoms with E-state index in [1.165, 1.54) is 30.7 Å². The molecule has 0 radical (unpaired) electrons. The molecule has 8 nitrogen and oxygen atoms in total. The number of fused-ring (bicyclic) bond motifs is 1. The first kappa shape index (κ1) is 17.6. The van der Waals surface area contributed by atoms with Crippen LogP contribution in [-0.2, 0) is 4.74 Å². The minimum atomic E-state index is -0.489. The zero-order valence-electron chi connectivity index (χ0n) is 14.0. The summed E-state index contributed by atoms with van der Waals surface area (Å²) in [6.45, 7) is 3.61. The zero-order chi connectivity index (χ0) is 18.8. The molecule has 0 saturated heterocycles. The molecule has 0 unspecified atom stereocenters. The number of rotatable bonds is 4. The summed E-state index contributed by atoms with van der Waals surface area (Å²) in [5.41, 5.74) is 0.385. The van der Waals surface area contributed by atoms with Gasteiger partial charge in [-0.3, -0.25) is 4.79 Å². The molecule has 0 aliphatic rings. The number of esters is 1. The number of phenolic OH excluding ortho intramolecular Hbond substituents is 2. The Morgan fingerprint density at radius 3 is 2.88 bits per heavy atom. The molecule has 26 heavy (non-hydrogen) atoms. The van der Waals surface area contributed by atoms with Crippen LogP contribution in [0.3, 0.4) is 0 Å². The maximum absolute atomic E-state index is 12.7. The fourth-order valence-electron chi connectivity index (χ4n) is 2.35. The van der Waals surface area contributed by atoms with Crippen LogP contribution < -0.4 is 5.56 Å². The third-order valence-corrected chi connectivity index (χ3v) is 4.81. The number of nitrogens with zero attached hydrogens (tertiary/aromatic N) is 3. The van der Waals surface area contributed by atoms with E-state index in [9.17, 15) is 19.8 Å². The first-order valence-electron chi connectivity index (χ1n) is 7.66. The van der Waals surface area contributed by atoms with Crippen LogP contribution in [0.2, 0.25) is 0 Å². The molecule has 1 aromatic carbocycles. The molecular formula is C17H15N3O5S. The van der Waals surface area contributed by atoms with Gasteiger partial charge in [0.15, 0.2) is 0 Å². The lowest BCUT2D eigenvalue weighted by Gasteiger charge is -2.01. The number of phenols is 2. The molecule has 134 valence electrons. The molecule has 0 aliphatic heterocycles. The monoisotopic (exact) mass is 373 g/mol. The summed E-state index contributed by atoms with van der Waals surface area (Å²) < 4.78 is 6.01. The molecule has 2 N–H and O–H groups in total. The Morgan fingerprint density at radius 2 is 2.19 bits per heavy atom. The lowest BCUT2D eigenvalue weighted by molar-refractivity contribution is 0.0531. The zero-order valence-corrected chi connectivity index (χ0v) is 14.8. The van der Waals surface area contributed by atoms with Crippen molar-refractivity contribution in [3.8, 4) is 11.5 Å². The summed E-state index contributed by atoms with van der Waals surface area (Å²) in [5, 5.41) is 23.4. The van der Waals surface area contributed by atoms with Crippen molar-refractivity contribution in [1.82, 2.24) is 9.66 Å². The van der Waals surface area contributed by atoms with Crippen LogP contribution in [0, 0.1) is 6.92 Å². The lowest BCUT2D eigenvalue weighted by Crippen LogP contribution is -2.17. The lowest BCUT2D eigenvalue weighted by atomic mass is 10.2. The number of ether oxygens (including phenoxy) is 1. The van der Waals surface area contributed by atoms with E-state index in [0.717, 1.165) is 16.0 Å². The van der Waals surface area contributed by atoms with Crippen LogP contribution >= 0.6 is 11.3 Å². The van der Waals surface area contributed by atoms with Crippen molar-refractivity contribution < 1.29 is 19.7 Å². The number of aromatic nitrogens is 2. The van der Waals surface area contributed by atoms with E-state index in [2.05, 4.69) is 10.1 Å². The summed E-state index contributed by atoms with van der Waals surface area (Å²) in [6, 6.07) is 4.01. The van der Waals surface area contributed by atoms with Crippen molar-refractivity contribution in [2.75, 3.05) is 6.61 Å². The van der Waals surface area contributed by atoms with E-state index < -0.39 is 11.5 Å². The molecule has 0 spiro atoms. The molecule has 0 atom stereocenters. The van der Waals surface area contributed by atoms with Gasteiger partial charge in [0.25, 0.3) is 5.56 Å². The van der Waals surface area contributed by atoms with Crippen molar-refractivity contribution in [2.24, 2.45) is 5.10 Å². The molecule has 0 bridgehead atoms. The SMILES string of the molecule is CCOC(=O)c1sc2ncn(/N=C/c3ccc(O)cc3O)c(=O)c2c1C. The predicted octanol–water partition coefficient (Wildman–Crippen LogP) is 2.24. The van der Waals surface area contributed by atoms with Crippen molar-refractivity contribution in [1.29, 1.82) is 0 Å². The molecule has 2 aromatic heterocycles. The van der Waals surface area contributed by atoms with Gasteiger partial charge in [-0.1, -0.05) is 0 Å². The molecule has 0 saturated carbocycles. The van der Waals surface area contributed by atoms with Crippen molar-refractivity contribution in [3.05, 3.63) is 50.9 Å². The molecule has 9 heteroatoms.